The third-order valence-corrected chi connectivity index (χ3v) is 3.58. The van der Waals surface area contributed by atoms with Gasteiger partial charge in [0.25, 0.3) is 0 Å². The topological polar surface area (TPSA) is 41.1 Å². The van der Waals surface area contributed by atoms with Crippen molar-refractivity contribution in [2.24, 2.45) is 0 Å². The Hall–Kier alpha value is -0.870. The molecule has 4 heteroatoms. The van der Waals surface area contributed by atoms with Crippen molar-refractivity contribution < 1.29 is 4.79 Å². The zero-order chi connectivity index (χ0) is 13.0. The lowest BCUT2D eigenvalue weighted by molar-refractivity contribution is -0.121. The van der Waals surface area contributed by atoms with Crippen LogP contribution in [0.15, 0.2) is 28.7 Å². The molecule has 0 bridgehead atoms. The highest BCUT2D eigenvalue weighted by Gasteiger charge is 2.20. The molecule has 0 heterocycles. The molecule has 0 spiro atoms. The molecule has 18 heavy (non-hydrogen) atoms. The van der Waals surface area contributed by atoms with Crippen molar-refractivity contribution in [3.05, 3.63) is 34.3 Å². The van der Waals surface area contributed by atoms with E-state index in [-0.39, 0.29) is 11.9 Å². The lowest BCUT2D eigenvalue weighted by Crippen LogP contribution is -2.30. The fraction of sp³-hybridized carbons (Fsp3) is 0.500. The molecule has 98 valence electrons. The molecule has 0 radical (unpaired) electrons. The van der Waals surface area contributed by atoms with Crippen LogP contribution in [0.2, 0.25) is 0 Å². The highest BCUT2D eigenvalue weighted by atomic mass is 79.9. The second-order valence-electron chi connectivity index (χ2n) is 4.82. The Morgan fingerprint density at radius 3 is 2.94 bits per heavy atom. The fourth-order valence-corrected chi connectivity index (χ4v) is 2.27. The molecule has 1 fully saturated rings. The Morgan fingerprint density at radius 2 is 2.28 bits per heavy atom. The van der Waals surface area contributed by atoms with Crippen LogP contribution in [0.25, 0.3) is 0 Å². The molecular formula is C14H19BrN2O. The highest BCUT2D eigenvalue weighted by molar-refractivity contribution is 9.10. The fourth-order valence-electron chi connectivity index (χ4n) is 1.85. The van der Waals surface area contributed by atoms with Crippen molar-refractivity contribution in [3.63, 3.8) is 0 Å². The first-order valence-electron chi connectivity index (χ1n) is 6.43. The summed E-state index contributed by atoms with van der Waals surface area (Å²) in [7, 11) is 0. The van der Waals surface area contributed by atoms with E-state index in [9.17, 15) is 4.79 Å². The average molecular weight is 311 g/mol. The summed E-state index contributed by atoms with van der Waals surface area (Å²) in [6.45, 7) is 2.79. The van der Waals surface area contributed by atoms with Gasteiger partial charge in [-0.3, -0.25) is 4.79 Å². The van der Waals surface area contributed by atoms with E-state index in [1.54, 1.807) is 0 Å². The van der Waals surface area contributed by atoms with E-state index in [1.165, 1.54) is 12.8 Å². The minimum atomic E-state index is 0.0518. The summed E-state index contributed by atoms with van der Waals surface area (Å²) in [5.41, 5.74) is 1.12. The number of carbonyl (C=O) groups is 1. The van der Waals surface area contributed by atoms with Crippen LogP contribution < -0.4 is 10.6 Å². The summed E-state index contributed by atoms with van der Waals surface area (Å²) in [4.78, 5) is 11.8. The molecule has 1 aromatic rings. The van der Waals surface area contributed by atoms with Crippen molar-refractivity contribution in [2.75, 3.05) is 6.54 Å². The lowest BCUT2D eigenvalue weighted by atomic mass is 10.1. The monoisotopic (exact) mass is 310 g/mol. The van der Waals surface area contributed by atoms with Gasteiger partial charge in [0, 0.05) is 23.5 Å². The van der Waals surface area contributed by atoms with Gasteiger partial charge in [-0.2, -0.15) is 0 Å². The third-order valence-electron chi connectivity index (χ3n) is 3.09. The summed E-state index contributed by atoms with van der Waals surface area (Å²) < 4.78 is 1.04. The summed E-state index contributed by atoms with van der Waals surface area (Å²) in [6, 6.07) is 8.75. The molecule has 1 aliphatic rings. The lowest BCUT2D eigenvalue weighted by Gasteiger charge is -2.14. The van der Waals surface area contributed by atoms with Crippen molar-refractivity contribution in [2.45, 2.75) is 38.3 Å². The SMILES string of the molecule is C[C@@H](NC(=O)CCNC1CC1)c1cccc(Br)c1. The predicted molar refractivity (Wildman–Crippen MR) is 76.3 cm³/mol. The summed E-state index contributed by atoms with van der Waals surface area (Å²) in [5.74, 6) is 0.107. The van der Waals surface area contributed by atoms with Gasteiger partial charge in [0.15, 0.2) is 0 Å². The number of hydrogen-bond acceptors (Lipinski definition) is 2. The Balaban J connectivity index is 1.75. The summed E-state index contributed by atoms with van der Waals surface area (Å²) >= 11 is 3.44. The Morgan fingerprint density at radius 1 is 1.50 bits per heavy atom. The number of rotatable bonds is 6. The smallest absolute Gasteiger partial charge is 0.221 e. The van der Waals surface area contributed by atoms with Gasteiger partial charge in [0.2, 0.25) is 5.91 Å². The maximum absolute atomic E-state index is 11.8. The van der Waals surface area contributed by atoms with Crippen LogP contribution in [-0.4, -0.2) is 18.5 Å². The second kappa shape index (κ2) is 6.34. The van der Waals surface area contributed by atoms with Crippen LogP contribution in [0.1, 0.15) is 37.8 Å². The molecule has 1 saturated carbocycles. The predicted octanol–water partition coefficient (Wildman–Crippen LogP) is 2.77. The maximum atomic E-state index is 11.8. The normalized spacial score (nSPS) is 16.3. The molecule has 2 rings (SSSR count). The standard InChI is InChI=1S/C14H19BrN2O/c1-10(11-3-2-4-12(15)9-11)17-14(18)7-8-16-13-5-6-13/h2-4,9-10,13,16H,5-8H2,1H3,(H,17,18)/t10-/m1/s1. The van der Waals surface area contributed by atoms with E-state index < -0.39 is 0 Å². The molecule has 1 amide bonds. The van der Waals surface area contributed by atoms with Crippen LogP contribution in [0.4, 0.5) is 0 Å². The molecular weight excluding hydrogens is 292 g/mol. The Labute approximate surface area is 116 Å². The van der Waals surface area contributed by atoms with Gasteiger partial charge in [-0.1, -0.05) is 28.1 Å². The van der Waals surface area contributed by atoms with Crippen molar-refractivity contribution in [1.29, 1.82) is 0 Å². The molecule has 0 aliphatic heterocycles. The first-order valence-corrected chi connectivity index (χ1v) is 7.22. The molecule has 2 N–H and O–H groups in total. The van der Waals surface area contributed by atoms with Crippen LogP contribution in [0.3, 0.4) is 0 Å². The zero-order valence-electron chi connectivity index (χ0n) is 10.6. The van der Waals surface area contributed by atoms with Gasteiger partial charge < -0.3 is 10.6 Å². The molecule has 0 unspecified atom stereocenters. The molecule has 0 aromatic heterocycles. The van der Waals surface area contributed by atoms with Crippen LogP contribution >= 0.6 is 15.9 Å². The molecule has 1 aromatic carbocycles. The maximum Gasteiger partial charge on any atom is 0.221 e. The van der Waals surface area contributed by atoms with Gasteiger partial charge in [-0.15, -0.1) is 0 Å². The van der Waals surface area contributed by atoms with Crippen LogP contribution in [-0.2, 0) is 4.79 Å². The van der Waals surface area contributed by atoms with Gasteiger partial charge in [-0.25, -0.2) is 0 Å². The number of carbonyl (C=O) groups excluding carboxylic acids is 1. The number of amides is 1. The number of halogens is 1. The van der Waals surface area contributed by atoms with E-state index in [0.29, 0.717) is 12.5 Å². The van der Waals surface area contributed by atoms with E-state index in [1.807, 2.05) is 31.2 Å². The Bertz CT molecular complexity index is 418. The number of hydrogen-bond donors (Lipinski definition) is 2. The van der Waals surface area contributed by atoms with Crippen molar-refractivity contribution >= 4 is 21.8 Å². The molecule has 3 nitrogen and oxygen atoms in total. The minimum absolute atomic E-state index is 0.0518. The minimum Gasteiger partial charge on any atom is -0.350 e. The molecule has 1 atom stereocenters. The van der Waals surface area contributed by atoms with E-state index in [4.69, 9.17) is 0 Å². The third kappa shape index (κ3) is 4.42. The number of benzene rings is 1. The highest BCUT2D eigenvalue weighted by Crippen LogP contribution is 2.19. The van der Waals surface area contributed by atoms with Gasteiger partial charge in [-0.05, 0) is 37.5 Å². The van der Waals surface area contributed by atoms with Gasteiger partial charge >= 0.3 is 0 Å². The number of nitrogens with one attached hydrogen (secondary N) is 2. The van der Waals surface area contributed by atoms with Crippen molar-refractivity contribution in [1.82, 2.24) is 10.6 Å². The van der Waals surface area contributed by atoms with Crippen LogP contribution in [0.5, 0.6) is 0 Å². The van der Waals surface area contributed by atoms with Crippen molar-refractivity contribution in [3.8, 4) is 0 Å². The summed E-state index contributed by atoms with van der Waals surface area (Å²) in [5, 5.41) is 6.36. The first-order chi connectivity index (χ1) is 8.65. The average Bonchev–Trinajstić information content (AvgIpc) is 3.13. The van der Waals surface area contributed by atoms with Crippen LogP contribution in [0, 0.1) is 0 Å². The molecule has 1 aliphatic carbocycles. The van der Waals surface area contributed by atoms with Gasteiger partial charge in [0.05, 0.1) is 6.04 Å². The Kier molecular flexibility index (Phi) is 4.78. The summed E-state index contributed by atoms with van der Waals surface area (Å²) in [6.07, 6.45) is 3.07. The second-order valence-corrected chi connectivity index (χ2v) is 5.74. The van der Waals surface area contributed by atoms with E-state index >= 15 is 0 Å². The molecule has 0 saturated heterocycles. The van der Waals surface area contributed by atoms with E-state index in [0.717, 1.165) is 16.6 Å². The quantitative estimate of drug-likeness (QED) is 0.848. The van der Waals surface area contributed by atoms with E-state index in [2.05, 4.69) is 26.6 Å². The largest absolute Gasteiger partial charge is 0.350 e. The first kappa shape index (κ1) is 13.6. The zero-order valence-corrected chi connectivity index (χ0v) is 12.2. The van der Waals surface area contributed by atoms with Gasteiger partial charge in [0.1, 0.15) is 0 Å².